The summed E-state index contributed by atoms with van der Waals surface area (Å²) in [6, 6.07) is 0. The number of carbonyl (C=O) groups is 1. The Kier molecular flexibility index (Phi) is 5.43. The lowest BCUT2D eigenvalue weighted by atomic mass is 10.0. The Balaban J connectivity index is 3.50. The Morgan fingerprint density at radius 1 is 1.50 bits per heavy atom. The highest BCUT2D eigenvalue weighted by Gasteiger charge is 2.03. The number of rotatable bonds is 5. The van der Waals surface area contributed by atoms with Gasteiger partial charge in [-0.05, 0) is 32.6 Å². The maximum absolute atomic E-state index is 10.5. The standard InChI is InChI=1S/C10H19NO/c1-8(2)5-4-6-9(3)7-10(11)12/h5,9H,4,6-7H2,1-3H3,(H2,11,12)/t9-/m1/s1. The van der Waals surface area contributed by atoms with Gasteiger partial charge in [-0.2, -0.15) is 0 Å². The van der Waals surface area contributed by atoms with Crippen LogP contribution in [0.5, 0.6) is 0 Å². The molecule has 1 amide bonds. The molecule has 0 aliphatic rings. The Bertz CT molecular complexity index is 169. The molecule has 12 heavy (non-hydrogen) atoms. The molecule has 70 valence electrons. The minimum Gasteiger partial charge on any atom is -0.370 e. The minimum atomic E-state index is -0.195. The fourth-order valence-electron chi connectivity index (χ4n) is 1.10. The van der Waals surface area contributed by atoms with Crippen molar-refractivity contribution in [3.63, 3.8) is 0 Å². The van der Waals surface area contributed by atoms with Crippen LogP contribution in [0.4, 0.5) is 0 Å². The van der Waals surface area contributed by atoms with Crippen molar-refractivity contribution in [1.82, 2.24) is 0 Å². The highest BCUT2D eigenvalue weighted by atomic mass is 16.1. The van der Waals surface area contributed by atoms with Crippen LogP contribution >= 0.6 is 0 Å². The Morgan fingerprint density at radius 3 is 2.50 bits per heavy atom. The van der Waals surface area contributed by atoms with E-state index in [1.54, 1.807) is 0 Å². The van der Waals surface area contributed by atoms with E-state index in [9.17, 15) is 4.79 Å². The van der Waals surface area contributed by atoms with Gasteiger partial charge in [-0.15, -0.1) is 0 Å². The first-order chi connectivity index (χ1) is 5.52. The van der Waals surface area contributed by atoms with Gasteiger partial charge in [-0.1, -0.05) is 18.6 Å². The summed E-state index contributed by atoms with van der Waals surface area (Å²) in [4.78, 5) is 10.5. The van der Waals surface area contributed by atoms with Crippen molar-refractivity contribution in [2.45, 2.75) is 40.0 Å². The molecule has 0 unspecified atom stereocenters. The zero-order chi connectivity index (χ0) is 9.56. The van der Waals surface area contributed by atoms with E-state index < -0.39 is 0 Å². The van der Waals surface area contributed by atoms with Crippen LogP contribution in [0.15, 0.2) is 11.6 Å². The third-order valence-corrected chi connectivity index (χ3v) is 1.76. The molecule has 0 aromatic rings. The maximum atomic E-state index is 10.5. The lowest BCUT2D eigenvalue weighted by Crippen LogP contribution is -2.14. The Morgan fingerprint density at radius 2 is 2.08 bits per heavy atom. The molecule has 1 atom stereocenters. The van der Waals surface area contributed by atoms with Crippen LogP contribution in [0.25, 0.3) is 0 Å². The summed E-state index contributed by atoms with van der Waals surface area (Å²) < 4.78 is 0. The van der Waals surface area contributed by atoms with Crippen molar-refractivity contribution < 1.29 is 4.79 Å². The first kappa shape index (κ1) is 11.2. The molecule has 0 spiro atoms. The Hall–Kier alpha value is -0.790. The normalized spacial score (nSPS) is 12.2. The molecule has 0 rings (SSSR count). The molecular weight excluding hydrogens is 150 g/mol. The van der Waals surface area contributed by atoms with Gasteiger partial charge in [0.05, 0.1) is 0 Å². The largest absolute Gasteiger partial charge is 0.370 e. The molecule has 0 saturated heterocycles. The van der Waals surface area contributed by atoms with Crippen LogP contribution in [0.1, 0.15) is 40.0 Å². The van der Waals surface area contributed by atoms with E-state index in [0.717, 1.165) is 12.8 Å². The maximum Gasteiger partial charge on any atom is 0.217 e. The summed E-state index contributed by atoms with van der Waals surface area (Å²) in [5, 5.41) is 0. The van der Waals surface area contributed by atoms with Crippen LogP contribution in [0, 0.1) is 5.92 Å². The van der Waals surface area contributed by atoms with E-state index in [2.05, 4.69) is 26.8 Å². The van der Waals surface area contributed by atoms with Crippen molar-refractivity contribution in [3.8, 4) is 0 Å². The lowest BCUT2D eigenvalue weighted by Gasteiger charge is -2.06. The Labute approximate surface area is 74.8 Å². The van der Waals surface area contributed by atoms with Crippen LogP contribution < -0.4 is 5.73 Å². The molecular formula is C10H19NO. The highest BCUT2D eigenvalue weighted by molar-refractivity contribution is 5.73. The van der Waals surface area contributed by atoms with Gasteiger partial charge < -0.3 is 5.73 Å². The molecule has 2 N–H and O–H groups in total. The monoisotopic (exact) mass is 169 g/mol. The molecule has 0 bridgehead atoms. The fraction of sp³-hybridized carbons (Fsp3) is 0.700. The van der Waals surface area contributed by atoms with Crippen molar-refractivity contribution in [2.75, 3.05) is 0 Å². The third kappa shape index (κ3) is 7.32. The predicted octanol–water partition coefficient (Wildman–Crippen LogP) is 2.24. The smallest absolute Gasteiger partial charge is 0.217 e. The number of amides is 1. The lowest BCUT2D eigenvalue weighted by molar-refractivity contribution is -0.118. The first-order valence-corrected chi connectivity index (χ1v) is 4.44. The van der Waals surface area contributed by atoms with E-state index >= 15 is 0 Å². The van der Waals surface area contributed by atoms with E-state index in [1.807, 2.05) is 0 Å². The van der Waals surface area contributed by atoms with Gasteiger partial charge in [0.15, 0.2) is 0 Å². The molecule has 0 radical (unpaired) electrons. The predicted molar refractivity (Wildman–Crippen MR) is 51.6 cm³/mol. The summed E-state index contributed by atoms with van der Waals surface area (Å²) in [6.45, 7) is 6.22. The molecule has 0 aliphatic carbocycles. The number of nitrogens with two attached hydrogens (primary N) is 1. The van der Waals surface area contributed by atoms with Gasteiger partial charge in [-0.25, -0.2) is 0 Å². The average molecular weight is 169 g/mol. The molecule has 0 aromatic heterocycles. The fourth-order valence-corrected chi connectivity index (χ4v) is 1.10. The van der Waals surface area contributed by atoms with Crippen LogP contribution in [-0.2, 0) is 4.79 Å². The molecule has 0 fully saturated rings. The summed E-state index contributed by atoms with van der Waals surface area (Å²) in [5.74, 6) is 0.220. The number of carbonyl (C=O) groups excluding carboxylic acids is 1. The molecule has 0 aromatic carbocycles. The van der Waals surface area contributed by atoms with E-state index in [0.29, 0.717) is 12.3 Å². The summed E-state index contributed by atoms with van der Waals surface area (Å²) in [7, 11) is 0. The number of allylic oxidation sites excluding steroid dienone is 2. The summed E-state index contributed by atoms with van der Waals surface area (Å²) in [6.07, 6.45) is 4.80. The van der Waals surface area contributed by atoms with Gasteiger partial charge in [0.1, 0.15) is 0 Å². The minimum absolute atomic E-state index is 0.195. The quantitative estimate of drug-likeness (QED) is 0.630. The van der Waals surface area contributed by atoms with Crippen molar-refractivity contribution >= 4 is 5.91 Å². The second kappa shape index (κ2) is 5.81. The van der Waals surface area contributed by atoms with Gasteiger partial charge >= 0.3 is 0 Å². The number of primary amides is 1. The van der Waals surface area contributed by atoms with Crippen LogP contribution in [0.2, 0.25) is 0 Å². The van der Waals surface area contributed by atoms with Crippen LogP contribution in [-0.4, -0.2) is 5.91 Å². The highest BCUT2D eigenvalue weighted by Crippen LogP contribution is 2.10. The molecule has 2 nitrogen and oxygen atoms in total. The van der Waals surface area contributed by atoms with E-state index in [4.69, 9.17) is 5.73 Å². The topological polar surface area (TPSA) is 43.1 Å². The molecule has 2 heteroatoms. The van der Waals surface area contributed by atoms with Gasteiger partial charge in [0, 0.05) is 6.42 Å². The van der Waals surface area contributed by atoms with Crippen LogP contribution in [0.3, 0.4) is 0 Å². The van der Waals surface area contributed by atoms with E-state index in [1.165, 1.54) is 5.57 Å². The second-order valence-corrected chi connectivity index (χ2v) is 3.63. The second-order valence-electron chi connectivity index (χ2n) is 3.63. The zero-order valence-electron chi connectivity index (χ0n) is 8.26. The summed E-state index contributed by atoms with van der Waals surface area (Å²) >= 11 is 0. The molecule has 0 aliphatic heterocycles. The third-order valence-electron chi connectivity index (χ3n) is 1.76. The van der Waals surface area contributed by atoms with Crippen molar-refractivity contribution in [3.05, 3.63) is 11.6 Å². The van der Waals surface area contributed by atoms with Gasteiger partial charge in [-0.3, -0.25) is 4.79 Å². The average Bonchev–Trinajstić information content (AvgIpc) is 1.84. The van der Waals surface area contributed by atoms with Gasteiger partial charge in [0.2, 0.25) is 5.91 Å². The number of hydrogen-bond acceptors (Lipinski definition) is 1. The zero-order valence-corrected chi connectivity index (χ0v) is 8.26. The first-order valence-electron chi connectivity index (χ1n) is 4.44. The van der Waals surface area contributed by atoms with Crippen molar-refractivity contribution in [1.29, 1.82) is 0 Å². The molecule has 0 saturated carbocycles. The number of hydrogen-bond donors (Lipinski definition) is 1. The SMILES string of the molecule is CC(C)=CCC[C@@H](C)CC(N)=O. The van der Waals surface area contributed by atoms with Crippen molar-refractivity contribution in [2.24, 2.45) is 11.7 Å². The van der Waals surface area contributed by atoms with Gasteiger partial charge in [0.25, 0.3) is 0 Å². The molecule has 0 heterocycles. The van der Waals surface area contributed by atoms with E-state index in [-0.39, 0.29) is 5.91 Å². The summed E-state index contributed by atoms with van der Waals surface area (Å²) in [5.41, 5.74) is 6.41.